The van der Waals surface area contributed by atoms with Gasteiger partial charge in [0.25, 0.3) is 0 Å². The fourth-order valence-corrected chi connectivity index (χ4v) is 3.12. The van der Waals surface area contributed by atoms with Crippen LogP contribution >= 0.6 is 0 Å². The summed E-state index contributed by atoms with van der Waals surface area (Å²) in [6, 6.07) is -1.49. The molecule has 1 heterocycles. The summed E-state index contributed by atoms with van der Waals surface area (Å²) in [5.74, 6) is -2.39. The molecular formula is C17H27NO9. The van der Waals surface area contributed by atoms with Gasteiger partial charge in [-0.05, 0) is 13.8 Å². The first-order chi connectivity index (χ1) is 12.5. The number of ether oxygens (including phenoxy) is 4. The Bertz CT molecular complexity index is 577. The third-order valence-electron chi connectivity index (χ3n) is 3.93. The van der Waals surface area contributed by atoms with E-state index in [1.54, 1.807) is 13.8 Å². The Hall–Kier alpha value is -2.20. The number of rotatable bonds is 6. The first-order valence-electron chi connectivity index (χ1n) is 8.55. The minimum Gasteiger partial charge on any atom is -0.463 e. The lowest BCUT2D eigenvalue weighted by atomic mass is 9.94. The van der Waals surface area contributed by atoms with Crippen molar-refractivity contribution in [1.29, 1.82) is 0 Å². The van der Waals surface area contributed by atoms with Gasteiger partial charge in [0.05, 0.1) is 0 Å². The minimum atomic E-state index is -1.56. The van der Waals surface area contributed by atoms with Gasteiger partial charge >= 0.3 is 17.9 Å². The van der Waals surface area contributed by atoms with Crippen molar-refractivity contribution in [3.8, 4) is 0 Å². The Morgan fingerprint density at radius 3 is 1.89 bits per heavy atom. The van der Waals surface area contributed by atoms with E-state index in [9.17, 15) is 24.3 Å². The van der Waals surface area contributed by atoms with Gasteiger partial charge in [0.15, 0.2) is 18.5 Å². The maximum atomic E-state index is 12.1. The third kappa shape index (κ3) is 6.17. The van der Waals surface area contributed by atoms with Crippen molar-refractivity contribution in [2.45, 2.75) is 78.2 Å². The first kappa shape index (κ1) is 22.8. The van der Waals surface area contributed by atoms with Crippen LogP contribution < -0.4 is 0 Å². The number of nitrogens with zero attached hydrogens (tertiary/aromatic N) is 1. The molecule has 1 fully saturated rings. The molecule has 10 heteroatoms. The number of aliphatic hydroxyl groups excluding tert-OH is 1. The van der Waals surface area contributed by atoms with Gasteiger partial charge in [-0.3, -0.25) is 19.2 Å². The van der Waals surface area contributed by atoms with Crippen molar-refractivity contribution < 1.29 is 43.2 Å². The molecule has 1 aliphatic rings. The van der Waals surface area contributed by atoms with Crippen LogP contribution in [0.1, 0.15) is 41.5 Å². The summed E-state index contributed by atoms with van der Waals surface area (Å²) < 4.78 is 20.9. The van der Waals surface area contributed by atoms with Crippen molar-refractivity contribution in [1.82, 2.24) is 4.90 Å². The third-order valence-corrected chi connectivity index (χ3v) is 3.93. The predicted molar refractivity (Wildman–Crippen MR) is 90.1 cm³/mol. The van der Waals surface area contributed by atoms with Crippen LogP contribution in [0.25, 0.3) is 0 Å². The van der Waals surface area contributed by atoms with Crippen molar-refractivity contribution in [3.05, 3.63) is 0 Å². The van der Waals surface area contributed by atoms with Crippen LogP contribution in [-0.4, -0.2) is 77.1 Å². The fraction of sp³-hybridized carbons (Fsp3) is 0.765. The van der Waals surface area contributed by atoms with E-state index < -0.39 is 54.5 Å². The van der Waals surface area contributed by atoms with Gasteiger partial charge in [-0.1, -0.05) is 0 Å². The van der Waals surface area contributed by atoms with Gasteiger partial charge in [-0.2, -0.15) is 0 Å². The van der Waals surface area contributed by atoms with Crippen LogP contribution in [0.2, 0.25) is 0 Å². The zero-order valence-corrected chi connectivity index (χ0v) is 16.3. The van der Waals surface area contributed by atoms with E-state index in [-0.39, 0.29) is 12.6 Å². The van der Waals surface area contributed by atoms with E-state index in [0.717, 1.165) is 13.8 Å². The highest BCUT2D eigenvalue weighted by Crippen LogP contribution is 2.30. The zero-order chi connectivity index (χ0) is 20.9. The van der Waals surface area contributed by atoms with Crippen molar-refractivity contribution in [3.63, 3.8) is 0 Å². The maximum Gasteiger partial charge on any atom is 0.303 e. The van der Waals surface area contributed by atoms with Crippen LogP contribution in [0.15, 0.2) is 0 Å². The van der Waals surface area contributed by atoms with E-state index in [2.05, 4.69) is 0 Å². The summed E-state index contributed by atoms with van der Waals surface area (Å²) in [7, 11) is 0. The smallest absolute Gasteiger partial charge is 0.303 e. The van der Waals surface area contributed by atoms with Crippen molar-refractivity contribution >= 4 is 23.8 Å². The molecule has 1 amide bonds. The lowest BCUT2D eigenvalue weighted by Gasteiger charge is -2.48. The summed E-state index contributed by atoms with van der Waals surface area (Å²) in [6.45, 7) is 7.87. The Labute approximate surface area is 157 Å². The maximum absolute atomic E-state index is 12.1. The number of aliphatic hydroxyl groups is 1. The van der Waals surface area contributed by atoms with Crippen LogP contribution in [0.4, 0.5) is 0 Å². The quantitative estimate of drug-likeness (QED) is 0.483. The first-order valence-corrected chi connectivity index (χ1v) is 8.55. The van der Waals surface area contributed by atoms with Gasteiger partial charge in [0.2, 0.25) is 5.91 Å². The lowest BCUT2D eigenvalue weighted by Crippen LogP contribution is -2.67. The Balaban J connectivity index is 3.34. The van der Waals surface area contributed by atoms with E-state index in [1.807, 2.05) is 0 Å². The SMILES string of the molecule is CC(=O)OC[C@H]1O[C@@H](O)[C@H](N(C(C)=O)C(C)C)[C@@H](OC(C)=O)[C@@H]1OC(C)=O. The van der Waals surface area contributed by atoms with E-state index in [0.29, 0.717) is 0 Å². The molecular weight excluding hydrogens is 362 g/mol. The molecule has 1 aliphatic heterocycles. The highest BCUT2D eigenvalue weighted by molar-refractivity contribution is 5.74. The van der Waals surface area contributed by atoms with Gasteiger partial charge in [-0.15, -0.1) is 0 Å². The molecule has 1 rings (SSSR count). The summed E-state index contributed by atoms with van der Waals surface area (Å²) in [4.78, 5) is 47.8. The van der Waals surface area contributed by atoms with Gasteiger partial charge in [0.1, 0.15) is 18.8 Å². The molecule has 0 aromatic carbocycles. The Kier molecular flexibility index (Phi) is 8.17. The molecule has 10 nitrogen and oxygen atoms in total. The second-order valence-electron chi connectivity index (χ2n) is 6.53. The van der Waals surface area contributed by atoms with Gasteiger partial charge in [-0.25, -0.2) is 0 Å². The number of hydrogen-bond donors (Lipinski definition) is 1. The monoisotopic (exact) mass is 389 g/mol. The van der Waals surface area contributed by atoms with E-state index in [4.69, 9.17) is 18.9 Å². The number of hydrogen-bond acceptors (Lipinski definition) is 9. The summed E-state index contributed by atoms with van der Waals surface area (Å²) in [5, 5.41) is 10.5. The average molecular weight is 389 g/mol. The van der Waals surface area contributed by atoms with Crippen LogP contribution in [0.5, 0.6) is 0 Å². The number of esters is 3. The Morgan fingerprint density at radius 2 is 1.48 bits per heavy atom. The topological polar surface area (TPSA) is 129 Å². The molecule has 0 saturated carbocycles. The van der Waals surface area contributed by atoms with E-state index in [1.165, 1.54) is 18.7 Å². The van der Waals surface area contributed by atoms with Gasteiger partial charge < -0.3 is 29.0 Å². The molecule has 0 aromatic heterocycles. The van der Waals surface area contributed by atoms with Crippen LogP contribution in [0.3, 0.4) is 0 Å². The Morgan fingerprint density at radius 1 is 0.963 bits per heavy atom. The van der Waals surface area contributed by atoms with Crippen LogP contribution in [-0.2, 0) is 38.1 Å². The van der Waals surface area contributed by atoms with E-state index >= 15 is 0 Å². The second kappa shape index (κ2) is 9.65. The summed E-state index contributed by atoms with van der Waals surface area (Å²) in [5.41, 5.74) is 0. The molecule has 27 heavy (non-hydrogen) atoms. The normalized spacial score (nSPS) is 27.6. The largest absolute Gasteiger partial charge is 0.463 e. The average Bonchev–Trinajstić information content (AvgIpc) is 2.49. The molecule has 5 atom stereocenters. The summed E-state index contributed by atoms with van der Waals surface area (Å²) >= 11 is 0. The fourth-order valence-electron chi connectivity index (χ4n) is 3.12. The number of carbonyl (C=O) groups excluding carboxylic acids is 4. The number of amides is 1. The minimum absolute atomic E-state index is 0.337. The van der Waals surface area contributed by atoms with Crippen molar-refractivity contribution in [2.75, 3.05) is 6.61 Å². The molecule has 0 aliphatic carbocycles. The zero-order valence-electron chi connectivity index (χ0n) is 16.3. The highest BCUT2D eigenvalue weighted by Gasteiger charge is 2.53. The highest BCUT2D eigenvalue weighted by atomic mass is 16.7. The molecule has 0 aromatic rings. The van der Waals surface area contributed by atoms with Crippen LogP contribution in [0, 0.1) is 0 Å². The molecule has 0 spiro atoms. The van der Waals surface area contributed by atoms with Crippen molar-refractivity contribution in [2.24, 2.45) is 0 Å². The molecule has 0 bridgehead atoms. The molecule has 0 radical (unpaired) electrons. The molecule has 1 N–H and O–H groups in total. The number of carbonyl (C=O) groups is 4. The molecule has 1 saturated heterocycles. The lowest BCUT2D eigenvalue weighted by molar-refractivity contribution is -0.280. The van der Waals surface area contributed by atoms with Gasteiger partial charge in [0, 0.05) is 33.7 Å². The summed E-state index contributed by atoms with van der Waals surface area (Å²) in [6.07, 6.45) is -5.07. The second-order valence-corrected chi connectivity index (χ2v) is 6.53. The molecule has 0 unspecified atom stereocenters. The molecule has 154 valence electrons. The predicted octanol–water partition coefficient (Wildman–Crippen LogP) is -0.244. The standard InChI is InChI=1S/C17H27NO9/c1-8(2)18(9(3)19)14-16(26-12(6)22)15(25-11(5)21)13(27-17(14)23)7-24-10(4)20/h8,13-17,23H,7H2,1-6H3/t13-,14-,15-,16-,17-/m1/s1.